The standard InChI is InChI=1S/C21H27N10O4S2/c1-30-15-6-4-5-14(18(15)24-21(30)22)13-7-8-16(37(34,35)27-12-9-10-31(2,3)11-12)19(36(23,32)33)17(13)20-25-28-29-26-20/h4-8,12,27H,9-11H2,1-3H3,(H2,22,24)(H2,23,32,33)(H,25,26,28,29)/q+1/t12-/m0/s1. The van der Waals surface area contributed by atoms with Gasteiger partial charge in [-0.2, -0.15) is 5.21 Å². The molecule has 1 saturated heterocycles. The van der Waals surface area contributed by atoms with Crippen LogP contribution in [0, 0.1) is 0 Å². The number of tetrazole rings is 1. The fraction of sp³-hybridized carbons (Fsp3) is 0.333. The van der Waals surface area contributed by atoms with Crippen molar-refractivity contribution in [1.29, 1.82) is 0 Å². The number of benzene rings is 2. The summed E-state index contributed by atoms with van der Waals surface area (Å²) in [5, 5.41) is 19.4. The number of rotatable bonds is 6. The first-order valence-electron chi connectivity index (χ1n) is 11.3. The van der Waals surface area contributed by atoms with Gasteiger partial charge in [0.2, 0.25) is 31.8 Å². The number of aromatic nitrogens is 6. The van der Waals surface area contributed by atoms with E-state index in [1.165, 1.54) is 12.1 Å². The van der Waals surface area contributed by atoms with Crippen molar-refractivity contribution in [3.63, 3.8) is 0 Å². The Morgan fingerprint density at radius 2 is 1.89 bits per heavy atom. The monoisotopic (exact) mass is 547 g/mol. The van der Waals surface area contributed by atoms with Gasteiger partial charge in [-0.25, -0.2) is 31.7 Å². The third-order valence-electron chi connectivity index (χ3n) is 6.62. The molecule has 1 aliphatic heterocycles. The van der Waals surface area contributed by atoms with Crippen LogP contribution in [-0.4, -0.2) is 84.7 Å². The van der Waals surface area contributed by atoms with Crippen LogP contribution < -0.4 is 15.6 Å². The molecule has 196 valence electrons. The molecule has 14 nitrogen and oxygen atoms in total. The van der Waals surface area contributed by atoms with E-state index in [2.05, 4.69) is 30.3 Å². The number of sulfonamides is 2. The zero-order chi connectivity index (χ0) is 26.8. The van der Waals surface area contributed by atoms with Crippen LogP contribution in [0.5, 0.6) is 0 Å². The number of nitrogens with one attached hydrogen (secondary N) is 2. The van der Waals surface area contributed by atoms with Gasteiger partial charge in [0.1, 0.15) is 9.79 Å². The minimum absolute atomic E-state index is 0.113. The van der Waals surface area contributed by atoms with Crippen molar-refractivity contribution in [3.05, 3.63) is 30.3 Å². The summed E-state index contributed by atoms with van der Waals surface area (Å²) < 4.78 is 58.1. The molecule has 0 saturated carbocycles. The number of nitrogens with zero attached hydrogens (tertiary/aromatic N) is 6. The summed E-state index contributed by atoms with van der Waals surface area (Å²) in [6, 6.07) is 7.62. The lowest BCUT2D eigenvalue weighted by Crippen LogP contribution is -2.42. The maximum Gasteiger partial charge on any atom is 0.242 e. The number of nitrogens with two attached hydrogens (primary N) is 2. The molecule has 6 N–H and O–H groups in total. The van der Waals surface area contributed by atoms with Crippen LogP contribution >= 0.6 is 0 Å². The van der Waals surface area contributed by atoms with E-state index in [0.717, 1.165) is 6.54 Å². The van der Waals surface area contributed by atoms with E-state index < -0.39 is 29.8 Å². The number of primary sulfonamides is 1. The molecular formula is C21H27N10O4S2+. The first kappa shape index (κ1) is 25.2. The van der Waals surface area contributed by atoms with E-state index in [-0.39, 0.29) is 23.4 Å². The summed E-state index contributed by atoms with van der Waals surface area (Å²) in [5.41, 5.74) is 7.85. The Kier molecular flexibility index (Phi) is 5.83. The second-order valence-electron chi connectivity index (χ2n) is 9.75. The van der Waals surface area contributed by atoms with Crippen molar-refractivity contribution in [2.75, 3.05) is 32.9 Å². The normalized spacial score (nSPS) is 18.0. The molecule has 0 bridgehead atoms. The maximum atomic E-state index is 13.6. The van der Waals surface area contributed by atoms with Crippen molar-refractivity contribution < 1.29 is 21.3 Å². The summed E-state index contributed by atoms with van der Waals surface area (Å²) in [4.78, 5) is 3.29. The molecule has 3 heterocycles. The highest BCUT2D eigenvalue weighted by atomic mass is 32.2. The fourth-order valence-corrected chi connectivity index (χ4v) is 7.75. The van der Waals surface area contributed by atoms with E-state index in [1.807, 2.05) is 14.1 Å². The summed E-state index contributed by atoms with van der Waals surface area (Å²) in [6.07, 6.45) is 0.607. The largest absolute Gasteiger partial charge is 0.369 e. The van der Waals surface area contributed by atoms with Crippen LogP contribution in [-0.2, 0) is 27.1 Å². The SMILES string of the molecule is Cn1c(N)nc2c(-c3ccc(S(=O)(=O)N[C@H]4CC[N+](C)(C)C4)c(S(N)(=O)=O)c3-c3nn[nH]n3)cccc21. The van der Waals surface area contributed by atoms with E-state index in [1.54, 1.807) is 29.8 Å². The molecule has 16 heteroatoms. The molecule has 5 rings (SSSR count). The quantitative estimate of drug-likeness (QED) is 0.235. The number of H-pyrrole nitrogens is 1. The predicted octanol–water partition coefficient (Wildman–Crippen LogP) is -0.223. The average Bonchev–Trinajstić information content (AvgIpc) is 3.52. The van der Waals surface area contributed by atoms with Gasteiger partial charge in [0.15, 0.2) is 0 Å². The Balaban J connectivity index is 1.79. The van der Waals surface area contributed by atoms with Gasteiger partial charge in [0, 0.05) is 19.0 Å². The highest BCUT2D eigenvalue weighted by Gasteiger charge is 2.37. The molecule has 0 amide bonds. The van der Waals surface area contributed by atoms with Crippen molar-refractivity contribution in [3.8, 4) is 22.5 Å². The first-order valence-corrected chi connectivity index (χ1v) is 14.3. The third-order valence-corrected chi connectivity index (χ3v) is 9.31. The van der Waals surface area contributed by atoms with Crippen LogP contribution in [0.1, 0.15) is 6.42 Å². The van der Waals surface area contributed by atoms with Crippen molar-refractivity contribution in [2.45, 2.75) is 22.3 Å². The maximum absolute atomic E-state index is 13.6. The Labute approximate surface area is 213 Å². The van der Waals surface area contributed by atoms with E-state index in [9.17, 15) is 16.8 Å². The number of imidazole rings is 1. The molecule has 0 aliphatic carbocycles. The number of anilines is 1. The molecule has 0 spiro atoms. The first-order chi connectivity index (χ1) is 17.3. The molecule has 0 unspecified atom stereocenters. The molecule has 0 radical (unpaired) electrons. The van der Waals surface area contributed by atoms with Crippen LogP contribution in [0.15, 0.2) is 40.1 Å². The van der Waals surface area contributed by atoms with Crippen LogP contribution in [0.3, 0.4) is 0 Å². The predicted molar refractivity (Wildman–Crippen MR) is 136 cm³/mol. The van der Waals surface area contributed by atoms with Crippen molar-refractivity contribution >= 4 is 37.0 Å². The lowest BCUT2D eigenvalue weighted by Gasteiger charge is -2.23. The summed E-state index contributed by atoms with van der Waals surface area (Å²) in [5.74, 6) is 0.104. The number of hydrogen-bond acceptors (Lipinski definition) is 9. The molecule has 2 aromatic heterocycles. The zero-order valence-corrected chi connectivity index (χ0v) is 22.0. The third kappa shape index (κ3) is 4.46. The van der Waals surface area contributed by atoms with Gasteiger partial charge in [-0.3, -0.25) is 0 Å². The second kappa shape index (κ2) is 8.56. The lowest BCUT2D eigenvalue weighted by atomic mass is 9.98. The minimum atomic E-state index is -4.61. The average molecular weight is 548 g/mol. The van der Waals surface area contributed by atoms with Crippen molar-refractivity contribution in [2.24, 2.45) is 12.2 Å². The number of nitrogen functional groups attached to an aromatic ring is 1. The molecule has 1 fully saturated rings. The summed E-state index contributed by atoms with van der Waals surface area (Å²) in [7, 11) is -3.18. The van der Waals surface area contributed by atoms with Gasteiger partial charge in [0.05, 0.1) is 49.8 Å². The topological polar surface area (TPSA) is 205 Å². The fourth-order valence-electron chi connectivity index (χ4n) is 4.89. The summed E-state index contributed by atoms with van der Waals surface area (Å²) in [6.45, 7) is 1.34. The second-order valence-corrected chi connectivity index (χ2v) is 12.9. The van der Waals surface area contributed by atoms with Gasteiger partial charge in [0.25, 0.3) is 0 Å². The highest BCUT2D eigenvalue weighted by molar-refractivity contribution is 7.92. The highest BCUT2D eigenvalue weighted by Crippen LogP contribution is 2.41. The molecular weight excluding hydrogens is 520 g/mol. The smallest absolute Gasteiger partial charge is 0.242 e. The van der Waals surface area contributed by atoms with Crippen LogP contribution in [0.25, 0.3) is 33.5 Å². The molecule has 1 aliphatic rings. The van der Waals surface area contributed by atoms with Gasteiger partial charge in [-0.1, -0.05) is 18.2 Å². The Hall–Kier alpha value is -3.44. The Bertz CT molecular complexity index is 1730. The minimum Gasteiger partial charge on any atom is -0.369 e. The van der Waals surface area contributed by atoms with E-state index in [0.29, 0.717) is 39.6 Å². The lowest BCUT2D eigenvalue weighted by molar-refractivity contribution is -0.878. The van der Waals surface area contributed by atoms with Gasteiger partial charge in [-0.05, 0) is 22.9 Å². The Morgan fingerprint density at radius 3 is 2.51 bits per heavy atom. The van der Waals surface area contributed by atoms with E-state index in [4.69, 9.17) is 10.9 Å². The summed E-state index contributed by atoms with van der Waals surface area (Å²) >= 11 is 0. The molecule has 4 aromatic rings. The zero-order valence-electron chi connectivity index (χ0n) is 20.4. The molecule has 2 aromatic carbocycles. The molecule has 37 heavy (non-hydrogen) atoms. The van der Waals surface area contributed by atoms with Crippen molar-refractivity contribution in [1.82, 2.24) is 34.9 Å². The number of quaternary nitrogens is 1. The van der Waals surface area contributed by atoms with Gasteiger partial charge >= 0.3 is 0 Å². The number of likely N-dealkylation sites (N-methyl/N-ethyl adjacent to an activating group) is 1. The Morgan fingerprint density at radius 1 is 1.14 bits per heavy atom. The number of hydrogen-bond donors (Lipinski definition) is 4. The number of fused-ring (bicyclic) bond motifs is 1. The number of para-hydroxylation sites is 1. The number of aromatic amines is 1. The number of aryl methyl sites for hydroxylation is 1. The molecule has 1 atom stereocenters. The van der Waals surface area contributed by atoms with E-state index >= 15 is 0 Å². The number of likely N-dealkylation sites (tertiary alicyclic amines) is 1. The van der Waals surface area contributed by atoms with Gasteiger partial charge in [-0.15, -0.1) is 10.2 Å². The van der Waals surface area contributed by atoms with Crippen LogP contribution in [0.2, 0.25) is 0 Å². The van der Waals surface area contributed by atoms with Crippen LogP contribution in [0.4, 0.5) is 5.95 Å². The van der Waals surface area contributed by atoms with Gasteiger partial charge < -0.3 is 14.8 Å².